The van der Waals surface area contributed by atoms with Gasteiger partial charge in [0.25, 0.3) is 0 Å². The third kappa shape index (κ3) is 1.84. The van der Waals surface area contributed by atoms with E-state index in [0.29, 0.717) is 13.1 Å². The third-order valence-electron chi connectivity index (χ3n) is 4.28. The van der Waals surface area contributed by atoms with Gasteiger partial charge in [0.15, 0.2) is 0 Å². The first kappa shape index (κ1) is 12.3. The van der Waals surface area contributed by atoms with Crippen molar-refractivity contribution in [1.82, 2.24) is 9.88 Å². The van der Waals surface area contributed by atoms with Gasteiger partial charge in [0.05, 0.1) is 6.04 Å². The lowest BCUT2D eigenvalue weighted by Crippen LogP contribution is -2.57. The standard InChI is InChI=1S/C14H19N3O2/c1-8-4-11-5-12-7-16(14(18)19)6-9(2)17(12)13(11)15-10(8)3/h4,9,12H,5-7H2,1-3H3,(H,18,19)/t9-,12-/m1/s1. The molecule has 5 heteroatoms. The van der Waals surface area contributed by atoms with Gasteiger partial charge in [0.1, 0.15) is 5.82 Å². The predicted octanol–water partition coefficient (Wildman–Crippen LogP) is 1.81. The van der Waals surface area contributed by atoms with Crippen molar-refractivity contribution in [2.24, 2.45) is 0 Å². The molecule has 1 fully saturated rings. The molecule has 0 aromatic carbocycles. The Kier molecular flexibility index (Phi) is 2.66. The fraction of sp³-hybridized carbons (Fsp3) is 0.571. The summed E-state index contributed by atoms with van der Waals surface area (Å²) in [6.07, 6.45) is 0.0835. The number of carboxylic acid groups (broad SMARTS) is 1. The number of rotatable bonds is 0. The summed E-state index contributed by atoms with van der Waals surface area (Å²) in [5.74, 6) is 1.06. The van der Waals surface area contributed by atoms with Crippen LogP contribution in [-0.4, -0.2) is 46.3 Å². The van der Waals surface area contributed by atoms with Gasteiger partial charge in [0.2, 0.25) is 0 Å². The summed E-state index contributed by atoms with van der Waals surface area (Å²) < 4.78 is 0. The Hall–Kier alpha value is -1.78. The van der Waals surface area contributed by atoms with Crippen LogP contribution in [0.1, 0.15) is 23.7 Å². The molecule has 0 bridgehead atoms. The first-order valence-electron chi connectivity index (χ1n) is 6.70. The molecule has 1 aromatic rings. The van der Waals surface area contributed by atoms with E-state index in [1.54, 1.807) is 0 Å². The summed E-state index contributed by atoms with van der Waals surface area (Å²) in [6.45, 7) is 7.32. The fourth-order valence-electron chi connectivity index (χ4n) is 3.26. The van der Waals surface area contributed by atoms with E-state index in [-0.39, 0.29) is 12.1 Å². The molecule has 0 spiro atoms. The van der Waals surface area contributed by atoms with Crippen molar-refractivity contribution in [2.75, 3.05) is 18.0 Å². The number of aryl methyl sites for hydroxylation is 2. The van der Waals surface area contributed by atoms with Crippen molar-refractivity contribution in [1.29, 1.82) is 0 Å². The lowest BCUT2D eigenvalue weighted by Gasteiger charge is -2.42. The summed E-state index contributed by atoms with van der Waals surface area (Å²) in [4.78, 5) is 19.7. The molecule has 5 nitrogen and oxygen atoms in total. The van der Waals surface area contributed by atoms with Crippen molar-refractivity contribution in [3.63, 3.8) is 0 Å². The second kappa shape index (κ2) is 4.11. The fourth-order valence-corrected chi connectivity index (χ4v) is 3.26. The highest BCUT2D eigenvalue weighted by Crippen LogP contribution is 2.36. The van der Waals surface area contributed by atoms with Crippen molar-refractivity contribution >= 4 is 11.9 Å². The SMILES string of the molecule is Cc1cc2c(nc1C)N1[C@H](C2)CN(C(=O)O)C[C@H]1C. The van der Waals surface area contributed by atoms with E-state index in [1.165, 1.54) is 16.0 Å². The van der Waals surface area contributed by atoms with E-state index in [9.17, 15) is 9.90 Å². The number of anilines is 1. The predicted molar refractivity (Wildman–Crippen MR) is 72.7 cm³/mol. The third-order valence-corrected chi connectivity index (χ3v) is 4.28. The van der Waals surface area contributed by atoms with Crippen LogP contribution in [0.4, 0.5) is 10.6 Å². The van der Waals surface area contributed by atoms with E-state index in [0.717, 1.165) is 17.9 Å². The second-order valence-electron chi connectivity index (χ2n) is 5.68. The molecule has 0 aliphatic carbocycles. The number of nitrogens with zero attached hydrogens (tertiary/aromatic N) is 3. The van der Waals surface area contributed by atoms with Crippen LogP contribution in [0.5, 0.6) is 0 Å². The van der Waals surface area contributed by atoms with Gasteiger partial charge >= 0.3 is 6.09 Å². The first-order chi connectivity index (χ1) is 8.97. The molecule has 0 radical (unpaired) electrons. The maximum atomic E-state index is 11.2. The minimum atomic E-state index is -0.817. The highest BCUT2D eigenvalue weighted by atomic mass is 16.4. The number of hydrogen-bond acceptors (Lipinski definition) is 3. The average molecular weight is 261 g/mol. The Morgan fingerprint density at radius 3 is 2.84 bits per heavy atom. The van der Waals surface area contributed by atoms with Crippen LogP contribution < -0.4 is 4.90 Å². The minimum Gasteiger partial charge on any atom is -0.465 e. The minimum absolute atomic E-state index is 0.186. The molecule has 2 atom stereocenters. The smallest absolute Gasteiger partial charge is 0.407 e. The number of fused-ring (bicyclic) bond motifs is 3. The Balaban J connectivity index is 1.96. The zero-order chi connectivity index (χ0) is 13.7. The van der Waals surface area contributed by atoms with Crippen molar-refractivity contribution < 1.29 is 9.90 Å². The van der Waals surface area contributed by atoms with Crippen LogP contribution in [0.15, 0.2) is 6.07 Å². The second-order valence-corrected chi connectivity index (χ2v) is 5.68. The molecule has 2 aliphatic heterocycles. The van der Waals surface area contributed by atoms with Crippen LogP contribution in [-0.2, 0) is 6.42 Å². The van der Waals surface area contributed by atoms with Crippen molar-refractivity contribution in [3.05, 3.63) is 22.9 Å². The molecule has 0 saturated carbocycles. The number of amides is 1. The maximum absolute atomic E-state index is 11.2. The van der Waals surface area contributed by atoms with E-state index >= 15 is 0 Å². The van der Waals surface area contributed by atoms with Crippen LogP contribution in [0, 0.1) is 13.8 Å². The molecule has 3 heterocycles. The Labute approximate surface area is 112 Å². The van der Waals surface area contributed by atoms with Crippen molar-refractivity contribution in [2.45, 2.75) is 39.3 Å². The molecule has 19 heavy (non-hydrogen) atoms. The van der Waals surface area contributed by atoms with Crippen LogP contribution in [0.3, 0.4) is 0 Å². The molecule has 0 unspecified atom stereocenters. The Bertz CT molecular complexity index is 544. The summed E-state index contributed by atoms with van der Waals surface area (Å²) in [5, 5.41) is 9.17. The lowest BCUT2D eigenvalue weighted by atomic mass is 10.1. The van der Waals surface area contributed by atoms with Crippen LogP contribution >= 0.6 is 0 Å². The van der Waals surface area contributed by atoms with Gasteiger partial charge in [-0.2, -0.15) is 0 Å². The zero-order valence-corrected chi connectivity index (χ0v) is 11.6. The molecule has 3 rings (SSSR count). The van der Waals surface area contributed by atoms with Gasteiger partial charge in [-0.3, -0.25) is 0 Å². The average Bonchev–Trinajstić information content (AvgIpc) is 2.67. The highest BCUT2D eigenvalue weighted by Gasteiger charge is 2.40. The molecule has 1 saturated heterocycles. The topological polar surface area (TPSA) is 56.7 Å². The van der Waals surface area contributed by atoms with Crippen molar-refractivity contribution in [3.8, 4) is 0 Å². The molecule has 1 aromatic heterocycles. The highest BCUT2D eigenvalue weighted by molar-refractivity contribution is 5.67. The zero-order valence-electron chi connectivity index (χ0n) is 11.6. The Morgan fingerprint density at radius 1 is 1.42 bits per heavy atom. The monoisotopic (exact) mass is 261 g/mol. The van der Waals surface area contributed by atoms with Gasteiger partial charge in [-0.1, -0.05) is 6.07 Å². The number of pyridine rings is 1. The summed E-state index contributed by atoms with van der Waals surface area (Å²) >= 11 is 0. The molecular formula is C14H19N3O2. The van der Waals surface area contributed by atoms with Gasteiger partial charge < -0.3 is 14.9 Å². The largest absolute Gasteiger partial charge is 0.465 e. The van der Waals surface area contributed by atoms with E-state index < -0.39 is 6.09 Å². The Morgan fingerprint density at radius 2 is 2.16 bits per heavy atom. The van der Waals surface area contributed by atoms with Gasteiger partial charge in [-0.15, -0.1) is 0 Å². The number of aromatic nitrogens is 1. The molecular weight excluding hydrogens is 242 g/mol. The van der Waals surface area contributed by atoms with Crippen LogP contribution in [0.2, 0.25) is 0 Å². The summed E-state index contributed by atoms with van der Waals surface area (Å²) in [5.41, 5.74) is 3.53. The van der Waals surface area contributed by atoms with Gasteiger partial charge in [-0.05, 0) is 38.3 Å². The normalized spacial score (nSPS) is 25.2. The quantitative estimate of drug-likeness (QED) is 0.774. The maximum Gasteiger partial charge on any atom is 0.407 e. The molecule has 1 N–H and O–H groups in total. The number of carbonyl (C=O) groups is 1. The molecule has 2 aliphatic rings. The number of hydrogen-bond donors (Lipinski definition) is 1. The first-order valence-corrected chi connectivity index (χ1v) is 6.70. The van der Waals surface area contributed by atoms with Gasteiger partial charge in [0, 0.05) is 24.8 Å². The van der Waals surface area contributed by atoms with E-state index in [2.05, 4.69) is 24.8 Å². The summed E-state index contributed by atoms with van der Waals surface area (Å²) in [6, 6.07) is 2.63. The van der Waals surface area contributed by atoms with Gasteiger partial charge in [-0.25, -0.2) is 9.78 Å². The molecule has 1 amide bonds. The van der Waals surface area contributed by atoms with Crippen LogP contribution in [0.25, 0.3) is 0 Å². The summed E-state index contributed by atoms with van der Waals surface area (Å²) in [7, 11) is 0. The number of piperazine rings is 1. The lowest BCUT2D eigenvalue weighted by molar-refractivity contribution is 0.128. The van der Waals surface area contributed by atoms with E-state index in [1.807, 2.05) is 6.92 Å². The molecule has 102 valence electrons. The van der Waals surface area contributed by atoms with E-state index in [4.69, 9.17) is 4.98 Å².